The fourth-order valence-electron chi connectivity index (χ4n) is 6.99. The van der Waals surface area contributed by atoms with Crippen LogP contribution in [0.4, 0.5) is 0 Å². The molecule has 3 fully saturated rings. The zero-order valence-electron chi connectivity index (χ0n) is 24.1. The SMILES string of the molecule is COc1cc(C)c(S(=O)(=O)N(C)CCC(=O)CCC2CCN(C3CCC(N4CCCC4)CC3)CC2)c(C)c1. The Hall–Kier alpha value is -1.48. The number of carbonyl (C=O) groups excluding carboxylic acids is 1. The van der Waals surface area contributed by atoms with Crippen LogP contribution in [0, 0.1) is 19.8 Å². The van der Waals surface area contributed by atoms with Gasteiger partial charge in [-0.2, -0.15) is 0 Å². The normalized spacial score (nSPS) is 24.2. The molecule has 0 amide bonds. The Labute approximate surface area is 230 Å². The predicted molar refractivity (Wildman–Crippen MR) is 152 cm³/mol. The second kappa shape index (κ2) is 13.2. The molecule has 214 valence electrons. The van der Waals surface area contributed by atoms with Crippen molar-refractivity contribution in [2.45, 2.75) is 101 Å². The van der Waals surface area contributed by atoms with Crippen LogP contribution < -0.4 is 4.74 Å². The van der Waals surface area contributed by atoms with Gasteiger partial charge in [-0.1, -0.05) is 0 Å². The Bertz CT molecular complexity index is 1010. The van der Waals surface area contributed by atoms with Crippen molar-refractivity contribution in [2.24, 2.45) is 5.92 Å². The van der Waals surface area contributed by atoms with Gasteiger partial charge in [-0.05, 0) is 127 Å². The third-order valence-corrected chi connectivity index (χ3v) is 11.5. The quantitative estimate of drug-likeness (QED) is 0.397. The molecule has 0 aromatic heterocycles. The molecule has 1 aliphatic carbocycles. The van der Waals surface area contributed by atoms with Crippen LogP contribution in [0.5, 0.6) is 5.75 Å². The molecule has 1 aromatic rings. The number of piperidine rings is 1. The van der Waals surface area contributed by atoms with Gasteiger partial charge in [0.25, 0.3) is 0 Å². The highest BCUT2D eigenvalue weighted by molar-refractivity contribution is 7.89. The Balaban J connectivity index is 1.16. The molecule has 0 atom stereocenters. The lowest BCUT2D eigenvalue weighted by molar-refractivity contribution is -0.119. The molecular weight excluding hydrogens is 498 g/mol. The number of carbonyl (C=O) groups is 1. The van der Waals surface area contributed by atoms with Crippen molar-refractivity contribution < 1.29 is 17.9 Å². The number of methoxy groups -OCH3 is 1. The Morgan fingerprint density at radius 1 is 0.895 bits per heavy atom. The van der Waals surface area contributed by atoms with Crippen LogP contribution in [0.25, 0.3) is 0 Å². The first-order valence-electron chi connectivity index (χ1n) is 14.8. The third kappa shape index (κ3) is 7.18. The number of rotatable bonds is 11. The van der Waals surface area contributed by atoms with Gasteiger partial charge in [-0.15, -0.1) is 0 Å². The average molecular weight is 548 g/mol. The predicted octanol–water partition coefficient (Wildman–Crippen LogP) is 4.79. The van der Waals surface area contributed by atoms with Crippen LogP contribution in [0.15, 0.2) is 17.0 Å². The summed E-state index contributed by atoms with van der Waals surface area (Å²) in [6, 6.07) is 5.07. The lowest BCUT2D eigenvalue weighted by Crippen LogP contribution is -2.46. The van der Waals surface area contributed by atoms with Crippen molar-refractivity contribution in [3.05, 3.63) is 23.3 Å². The molecule has 3 aliphatic rings. The van der Waals surface area contributed by atoms with E-state index in [0.29, 0.717) is 34.1 Å². The minimum absolute atomic E-state index is 0.165. The molecule has 2 aliphatic heterocycles. The minimum atomic E-state index is -3.66. The van der Waals surface area contributed by atoms with Crippen LogP contribution in [0.3, 0.4) is 0 Å². The monoisotopic (exact) mass is 547 g/mol. The zero-order chi connectivity index (χ0) is 27.3. The number of sulfonamides is 1. The van der Waals surface area contributed by atoms with Gasteiger partial charge >= 0.3 is 0 Å². The molecule has 1 saturated carbocycles. The molecule has 0 spiro atoms. The van der Waals surface area contributed by atoms with Gasteiger partial charge in [0.2, 0.25) is 10.0 Å². The number of aryl methyl sites for hydroxylation is 2. The summed E-state index contributed by atoms with van der Waals surface area (Å²) in [6.07, 6.45) is 12.3. The van der Waals surface area contributed by atoms with Crippen molar-refractivity contribution in [3.8, 4) is 5.75 Å². The van der Waals surface area contributed by atoms with Gasteiger partial charge in [-0.25, -0.2) is 12.7 Å². The van der Waals surface area contributed by atoms with Crippen molar-refractivity contribution >= 4 is 15.8 Å². The molecular formula is C30H49N3O4S. The molecule has 4 rings (SSSR count). The molecule has 2 saturated heterocycles. The van der Waals surface area contributed by atoms with E-state index in [1.54, 1.807) is 40.1 Å². The number of benzene rings is 1. The summed E-state index contributed by atoms with van der Waals surface area (Å²) in [6.45, 7) is 8.74. The van der Waals surface area contributed by atoms with E-state index in [9.17, 15) is 13.2 Å². The maximum Gasteiger partial charge on any atom is 0.243 e. The lowest BCUT2D eigenvalue weighted by atomic mass is 9.86. The molecule has 2 heterocycles. The molecule has 38 heavy (non-hydrogen) atoms. The highest BCUT2D eigenvalue weighted by atomic mass is 32.2. The summed E-state index contributed by atoms with van der Waals surface area (Å²) in [5, 5.41) is 0. The summed E-state index contributed by atoms with van der Waals surface area (Å²) in [7, 11) is -0.521. The second-order valence-corrected chi connectivity index (χ2v) is 13.9. The number of hydrogen-bond donors (Lipinski definition) is 0. The number of Topliss-reactive ketones (excluding diaryl/α,β-unsaturated/α-hetero) is 1. The standard InChI is InChI=1S/C30H49N3O4S/c1-23-21-29(37-4)22-24(2)30(23)38(35,36)31(3)18-15-28(34)12-7-25-13-19-33(20-14-25)27-10-8-26(9-11-27)32-16-5-6-17-32/h21-22,25-27H,5-20H2,1-4H3. The molecule has 0 unspecified atom stereocenters. The van der Waals surface area contributed by atoms with Crippen molar-refractivity contribution in [1.29, 1.82) is 0 Å². The highest BCUT2D eigenvalue weighted by Crippen LogP contribution is 2.32. The molecule has 0 radical (unpaired) electrons. The first-order chi connectivity index (χ1) is 18.2. The molecule has 7 nitrogen and oxygen atoms in total. The Kier molecular flexibility index (Phi) is 10.3. The maximum absolute atomic E-state index is 13.2. The van der Waals surface area contributed by atoms with Gasteiger partial charge in [0.1, 0.15) is 11.5 Å². The van der Waals surface area contributed by atoms with E-state index in [1.807, 2.05) is 0 Å². The number of nitrogens with zero attached hydrogens (tertiary/aromatic N) is 3. The number of ether oxygens (including phenoxy) is 1. The van der Waals surface area contributed by atoms with E-state index >= 15 is 0 Å². The second-order valence-electron chi connectivity index (χ2n) is 11.9. The number of likely N-dealkylation sites (tertiary alicyclic amines) is 2. The molecule has 0 bridgehead atoms. The fraction of sp³-hybridized carbons (Fsp3) is 0.767. The van der Waals surface area contributed by atoms with E-state index in [4.69, 9.17) is 4.74 Å². The topological polar surface area (TPSA) is 70.2 Å². The van der Waals surface area contributed by atoms with E-state index in [-0.39, 0.29) is 18.7 Å². The summed E-state index contributed by atoms with van der Waals surface area (Å²) < 4.78 is 33.0. The van der Waals surface area contributed by atoms with E-state index in [0.717, 1.165) is 18.5 Å². The van der Waals surface area contributed by atoms with Crippen molar-refractivity contribution in [3.63, 3.8) is 0 Å². The molecule has 8 heteroatoms. The average Bonchev–Trinajstić information content (AvgIpc) is 3.45. The molecule has 1 aromatic carbocycles. The Morgan fingerprint density at radius 2 is 1.42 bits per heavy atom. The smallest absolute Gasteiger partial charge is 0.243 e. The van der Waals surface area contributed by atoms with Gasteiger partial charge in [-0.3, -0.25) is 4.79 Å². The van der Waals surface area contributed by atoms with Gasteiger partial charge in [0, 0.05) is 38.5 Å². The maximum atomic E-state index is 13.2. The zero-order valence-corrected chi connectivity index (χ0v) is 24.9. The van der Waals surface area contributed by atoms with Gasteiger partial charge < -0.3 is 14.5 Å². The number of ketones is 1. The third-order valence-electron chi connectivity index (χ3n) is 9.36. The van der Waals surface area contributed by atoms with E-state index < -0.39 is 10.0 Å². The largest absolute Gasteiger partial charge is 0.497 e. The van der Waals surface area contributed by atoms with Crippen molar-refractivity contribution in [2.75, 3.05) is 46.9 Å². The fourth-order valence-corrected chi connectivity index (χ4v) is 8.56. The van der Waals surface area contributed by atoms with Crippen LogP contribution in [0.2, 0.25) is 0 Å². The van der Waals surface area contributed by atoms with Gasteiger partial charge in [0.15, 0.2) is 0 Å². The Morgan fingerprint density at radius 3 is 1.95 bits per heavy atom. The summed E-state index contributed by atoms with van der Waals surface area (Å²) in [5.41, 5.74) is 1.32. The van der Waals surface area contributed by atoms with Crippen LogP contribution in [-0.2, 0) is 14.8 Å². The van der Waals surface area contributed by atoms with Gasteiger partial charge in [0.05, 0.1) is 12.0 Å². The highest BCUT2D eigenvalue weighted by Gasteiger charge is 2.32. The first kappa shape index (κ1) is 29.5. The summed E-state index contributed by atoms with van der Waals surface area (Å²) in [4.78, 5) is 18.4. The lowest BCUT2D eigenvalue weighted by Gasteiger charge is -2.42. The van der Waals surface area contributed by atoms with E-state index in [1.165, 1.54) is 81.9 Å². The summed E-state index contributed by atoms with van der Waals surface area (Å²) >= 11 is 0. The summed E-state index contributed by atoms with van der Waals surface area (Å²) in [5.74, 6) is 1.42. The van der Waals surface area contributed by atoms with Crippen LogP contribution in [-0.4, -0.2) is 87.3 Å². The van der Waals surface area contributed by atoms with Crippen LogP contribution >= 0.6 is 0 Å². The van der Waals surface area contributed by atoms with E-state index in [2.05, 4.69) is 9.80 Å². The minimum Gasteiger partial charge on any atom is -0.497 e. The first-order valence-corrected chi connectivity index (χ1v) is 16.2. The van der Waals surface area contributed by atoms with Crippen molar-refractivity contribution in [1.82, 2.24) is 14.1 Å². The number of hydrogen-bond acceptors (Lipinski definition) is 6. The molecule has 0 N–H and O–H groups in total. The van der Waals surface area contributed by atoms with Crippen LogP contribution in [0.1, 0.15) is 81.8 Å².